The fourth-order valence-corrected chi connectivity index (χ4v) is 4.88. The van der Waals surface area contributed by atoms with Crippen molar-refractivity contribution in [2.24, 2.45) is 0 Å². The van der Waals surface area contributed by atoms with Crippen molar-refractivity contribution in [1.82, 2.24) is 19.4 Å². The molecular weight excluding hydrogens is 505 g/mol. The number of carbonyl (C=O) groups excluding carboxylic acids is 2. The number of aliphatic hydroxyl groups is 1. The fourth-order valence-electron chi connectivity index (χ4n) is 4.19. The number of hydrogen-bond donors (Lipinski definition) is 1. The van der Waals surface area contributed by atoms with Gasteiger partial charge in [0.25, 0.3) is 5.91 Å². The number of nitrogens with zero attached hydrogens (tertiary/aromatic N) is 4. The van der Waals surface area contributed by atoms with Crippen LogP contribution in [-0.2, 0) is 11.0 Å². The molecule has 7 nitrogen and oxygen atoms in total. The van der Waals surface area contributed by atoms with Gasteiger partial charge in [-0.1, -0.05) is 27.5 Å². The highest BCUT2D eigenvalue weighted by Crippen LogP contribution is 2.35. The average Bonchev–Trinajstić information content (AvgIpc) is 3.03. The van der Waals surface area contributed by atoms with Crippen LogP contribution in [0.4, 0.5) is 13.2 Å². The van der Waals surface area contributed by atoms with Gasteiger partial charge < -0.3 is 14.9 Å². The molecule has 1 saturated heterocycles. The highest BCUT2D eigenvalue weighted by molar-refractivity contribution is 9.10. The average molecular weight is 524 g/mol. The number of alkyl halides is 3. The zero-order valence-corrected chi connectivity index (χ0v) is 18.5. The molecular formula is C19H19BrClF3N4O3. The highest BCUT2D eigenvalue weighted by Gasteiger charge is 2.38. The summed E-state index contributed by atoms with van der Waals surface area (Å²) >= 11 is 9.26. The largest absolute Gasteiger partial charge is 0.433 e. The van der Waals surface area contributed by atoms with Crippen molar-refractivity contribution in [3.05, 3.63) is 33.0 Å². The predicted molar refractivity (Wildman–Crippen MR) is 109 cm³/mol. The van der Waals surface area contributed by atoms with Crippen molar-refractivity contribution in [2.45, 2.75) is 44.0 Å². The Labute approximate surface area is 188 Å². The number of aliphatic hydroxyl groups excluding tert-OH is 1. The van der Waals surface area contributed by atoms with Crippen LogP contribution < -0.4 is 0 Å². The van der Waals surface area contributed by atoms with Gasteiger partial charge in [0.05, 0.1) is 16.6 Å². The van der Waals surface area contributed by atoms with E-state index in [1.165, 1.54) is 11.0 Å². The molecule has 1 aliphatic carbocycles. The van der Waals surface area contributed by atoms with Crippen molar-refractivity contribution in [3.8, 4) is 0 Å². The van der Waals surface area contributed by atoms with Gasteiger partial charge in [-0.25, -0.2) is 4.52 Å². The molecule has 2 aromatic heterocycles. The lowest BCUT2D eigenvalue weighted by molar-refractivity contribution is -0.142. The van der Waals surface area contributed by atoms with E-state index in [0.717, 1.165) is 6.07 Å². The van der Waals surface area contributed by atoms with Crippen molar-refractivity contribution in [1.29, 1.82) is 0 Å². The number of carbonyl (C=O) groups is 2. The van der Waals surface area contributed by atoms with Gasteiger partial charge in [0.2, 0.25) is 5.91 Å². The Bertz CT molecular complexity index is 1040. The molecule has 1 N–H and O–H groups in total. The number of rotatable bonds is 2. The van der Waals surface area contributed by atoms with E-state index in [0.29, 0.717) is 36.7 Å². The second kappa shape index (κ2) is 8.25. The summed E-state index contributed by atoms with van der Waals surface area (Å²) in [6, 6.07) is 2.23. The Morgan fingerprint density at radius 3 is 2.48 bits per heavy atom. The van der Waals surface area contributed by atoms with E-state index in [1.54, 1.807) is 4.90 Å². The van der Waals surface area contributed by atoms with Gasteiger partial charge in [0, 0.05) is 23.6 Å². The molecule has 168 valence electrons. The highest BCUT2D eigenvalue weighted by atomic mass is 79.9. The van der Waals surface area contributed by atoms with E-state index in [-0.39, 0.29) is 51.8 Å². The summed E-state index contributed by atoms with van der Waals surface area (Å²) in [6.45, 7) is 0.344. The third kappa shape index (κ3) is 4.27. The van der Waals surface area contributed by atoms with Crippen LogP contribution in [0.2, 0.25) is 5.02 Å². The second-order valence-corrected chi connectivity index (χ2v) is 9.09. The van der Waals surface area contributed by atoms with Gasteiger partial charge in [-0.2, -0.15) is 18.3 Å². The van der Waals surface area contributed by atoms with Gasteiger partial charge in [-0.3, -0.25) is 9.59 Å². The molecule has 2 aromatic rings. The van der Waals surface area contributed by atoms with Crippen LogP contribution in [0.5, 0.6) is 0 Å². The molecule has 4 rings (SSSR count). The molecule has 2 fully saturated rings. The van der Waals surface area contributed by atoms with Crippen LogP contribution in [0.15, 0.2) is 16.6 Å². The summed E-state index contributed by atoms with van der Waals surface area (Å²) in [7, 11) is 0. The maximum atomic E-state index is 13.4. The molecule has 1 aliphatic heterocycles. The molecule has 1 saturated carbocycles. The fraction of sp³-hybridized carbons (Fsp3) is 0.526. The normalized spacial score (nSPS) is 23.0. The van der Waals surface area contributed by atoms with Crippen molar-refractivity contribution >= 4 is 44.9 Å². The maximum Gasteiger partial charge on any atom is 0.433 e. The molecule has 0 atom stereocenters. The summed E-state index contributed by atoms with van der Waals surface area (Å²) in [4.78, 5) is 28.6. The Morgan fingerprint density at radius 1 is 1.19 bits per heavy atom. The van der Waals surface area contributed by atoms with Crippen LogP contribution in [0.1, 0.15) is 41.9 Å². The minimum Gasteiger partial charge on any atom is -0.393 e. The second-order valence-electron chi connectivity index (χ2n) is 7.79. The van der Waals surface area contributed by atoms with Crippen molar-refractivity contribution < 1.29 is 27.9 Å². The minimum atomic E-state index is -4.70. The van der Waals surface area contributed by atoms with Crippen LogP contribution in [0.25, 0.3) is 5.52 Å². The van der Waals surface area contributed by atoms with Crippen LogP contribution in [0, 0.1) is 0 Å². The molecule has 2 aliphatic rings. The lowest BCUT2D eigenvalue weighted by Gasteiger charge is -2.41. The summed E-state index contributed by atoms with van der Waals surface area (Å²) < 4.78 is 41.0. The van der Waals surface area contributed by atoms with E-state index in [1.807, 2.05) is 0 Å². The SMILES string of the molecule is O=C(c1nn2c(C(F)(F)F)cc(Br)cc2c1Cl)N1CCN(C2CCC(O)CC2)C(=O)C1. The number of amides is 2. The first-order valence-electron chi connectivity index (χ1n) is 9.78. The number of fused-ring (bicyclic) bond motifs is 1. The van der Waals surface area contributed by atoms with Gasteiger partial charge in [-0.05, 0) is 37.8 Å². The van der Waals surface area contributed by atoms with Crippen molar-refractivity contribution in [3.63, 3.8) is 0 Å². The van der Waals surface area contributed by atoms with Crippen LogP contribution in [-0.4, -0.2) is 68.1 Å². The monoisotopic (exact) mass is 522 g/mol. The van der Waals surface area contributed by atoms with Gasteiger partial charge in [-0.15, -0.1) is 0 Å². The lowest BCUT2D eigenvalue weighted by atomic mass is 9.91. The van der Waals surface area contributed by atoms with Gasteiger partial charge in [0.15, 0.2) is 5.69 Å². The van der Waals surface area contributed by atoms with E-state index in [9.17, 15) is 27.9 Å². The summed E-state index contributed by atoms with van der Waals surface area (Å²) in [6.07, 6.45) is -2.38. The standard InChI is InChI=1S/C19H19BrClF3N4O3/c20-10-7-13-16(21)17(25-28(13)14(8-10)19(22,23)24)18(31)26-5-6-27(15(30)9-26)11-1-3-12(29)4-2-11/h7-8,11-12,29H,1-6,9H2. The first-order chi connectivity index (χ1) is 14.6. The molecule has 0 unspecified atom stereocenters. The molecule has 0 bridgehead atoms. The third-order valence-corrected chi connectivity index (χ3v) is 6.61. The molecule has 31 heavy (non-hydrogen) atoms. The molecule has 0 radical (unpaired) electrons. The summed E-state index contributed by atoms with van der Waals surface area (Å²) in [5.41, 5.74) is -1.46. The number of pyridine rings is 1. The number of piperazine rings is 1. The molecule has 0 spiro atoms. The third-order valence-electron chi connectivity index (χ3n) is 5.78. The summed E-state index contributed by atoms with van der Waals surface area (Å²) in [5, 5.41) is 13.3. The van der Waals surface area contributed by atoms with E-state index in [4.69, 9.17) is 11.6 Å². The van der Waals surface area contributed by atoms with Crippen LogP contribution in [0.3, 0.4) is 0 Å². The number of aromatic nitrogens is 2. The maximum absolute atomic E-state index is 13.4. The van der Waals surface area contributed by atoms with Gasteiger partial charge in [0.1, 0.15) is 12.2 Å². The smallest absolute Gasteiger partial charge is 0.393 e. The van der Waals surface area contributed by atoms with Crippen LogP contribution >= 0.6 is 27.5 Å². The van der Waals surface area contributed by atoms with Crippen molar-refractivity contribution in [2.75, 3.05) is 19.6 Å². The van der Waals surface area contributed by atoms with E-state index < -0.39 is 17.8 Å². The zero-order valence-electron chi connectivity index (χ0n) is 16.2. The Balaban J connectivity index is 1.56. The molecule has 3 heterocycles. The lowest BCUT2D eigenvalue weighted by Crippen LogP contribution is -2.56. The Kier molecular flexibility index (Phi) is 5.95. The molecule has 0 aromatic carbocycles. The first kappa shape index (κ1) is 22.3. The Hall–Kier alpha value is -1.85. The Morgan fingerprint density at radius 2 is 1.87 bits per heavy atom. The molecule has 2 amide bonds. The number of halogens is 5. The minimum absolute atomic E-state index is 0.0265. The number of hydrogen-bond acceptors (Lipinski definition) is 4. The summed E-state index contributed by atoms with van der Waals surface area (Å²) in [5.74, 6) is -0.926. The van der Waals surface area contributed by atoms with Gasteiger partial charge >= 0.3 is 6.18 Å². The van der Waals surface area contributed by atoms with E-state index in [2.05, 4.69) is 21.0 Å². The predicted octanol–water partition coefficient (Wildman–Crippen LogP) is 3.36. The first-order valence-corrected chi connectivity index (χ1v) is 10.9. The quantitative estimate of drug-likeness (QED) is 0.655. The zero-order chi connectivity index (χ0) is 22.5. The topological polar surface area (TPSA) is 78.2 Å². The van der Waals surface area contributed by atoms with E-state index >= 15 is 0 Å². The molecule has 12 heteroatoms.